The minimum Gasteiger partial charge on any atom is -0.454 e. The first-order chi connectivity index (χ1) is 15.9. The minimum atomic E-state index is -3.59. The highest BCUT2D eigenvalue weighted by atomic mass is 32.2. The monoisotopic (exact) mass is 489 g/mol. The second-order valence-corrected chi connectivity index (χ2v) is 10.6. The lowest BCUT2D eigenvalue weighted by atomic mass is 10.2. The normalized spacial score (nSPS) is 13.9. The fraction of sp³-hybridized carbons (Fsp3) is 0.391. The number of nitrogens with zero attached hydrogens (tertiary/aromatic N) is 3. The molecule has 10 heteroatoms. The molecule has 3 aromatic rings. The van der Waals surface area contributed by atoms with E-state index >= 15 is 0 Å². The van der Waals surface area contributed by atoms with Crippen molar-refractivity contribution in [2.24, 2.45) is 4.99 Å². The minimum absolute atomic E-state index is 0.181. The van der Waals surface area contributed by atoms with Gasteiger partial charge in [0, 0.05) is 37.3 Å². The summed E-state index contributed by atoms with van der Waals surface area (Å²) in [5.74, 6) is 0.936. The van der Waals surface area contributed by atoms with Crippen LogP contribution in [0, 0.1) is 0 Å². The molecule has 0 N–H and O–H groups in total. The highest BCUT2D eigenvalue weighted by Crippen LogP contribution is 2.37. The number of carbonyl (C=O) groups is 1. The molecule has 0 saturated heterocycles. The van der Waals surface area contributed by atoms with E-state index in [0.717, 1.165) is 23.1 Å². The zero-order valence-corrected chi connectivity index (χ0v) is 20.5. The summed E-state index contributed by atoms with van der Waals surface area (Å²) in [6.45, 7) is 7.65. The molecule has 0 spiro atoms. The predicted octanol–water partition coefficient (Wildman–Crippen LogP) is 4.00. The van der Waals surface area contributed by atoms with E-state index in [4.69, 9.17) is 9.47 Å². The zero-order chi connectivity index (χ0) is 23.6. The average molecular weight is 490 g/mol. The molecular weight excluding hydrogens is 462 g/mol. The number of hydrogen-bond donors (Lipinski definition) is 0. The van der Waals surface area contributed by atoms with E-state index in [1.54, 1.807) is 0 Å². The molecule has 1 aliphatic rings. The van der Waals surface area contributed by atoms with Crippen LogP contribution < -0.4 is 14.3 Å². The van der Waals surface area contributed by atoms with Crippen LogP contribution in [0.5, 0.6) is 11.5 Å². The number of ether oxygens (including phenoxy) is 2. The molecule has 0 atom stereocenters. The lowest BCUT2D eigenvalue weighted by Gasteiger charge is -2.21. The Balaban J connectivity index is 1.65. The maximum atomic E-state index is 12.9. The molecule has 0 saturated carbocycles. The number of fused-ring (bicyclic) bond motifs is 2. The maximum absolute atomic E-state index is 12.9. The Kier molecular flexibility index (Phi) is 6.87. The van der Waals surface area contributed by atoms with Crippen LogP contribution in [-0.4, -0.2) is 43.1 Å². The van der Waals surface area contributed by atoms with Crippen LogP contribution in [-0.2, 0) is 16.6 Å². The molecule has 0 unspecified atom stereocenters. The molecule has 1 amide bonds. The van der Waals surface area contributed by atoms with Crippen molar-refractivity contribution in [3.05, 3.63) is 46.8 Å². The molecule has 176 valence electrons. The number of benzene rings is 2. The van der Waals surface area contributed by atoms with Crippen LogP contribution in [0.25, 0.3) is 10.2 Å². The van der Waals surface area contributed by atoms with Crippen LogP contribution >= 0.6 is 11.3 Å². The summed E-state index contributed by atoms with van der Waals surface area (Å²) >= 11 is 1.40. The topological polar surface area (TPSA) is 90.2 Å². The van der Waals surface area contributed by atoms with Crippen LogP contribution in [0.2, 0.25) is 0 Å². The second-order valence-electron chi connectivity index (χ2n) is 7.65. The van der Waals surface area contributed by atoms with Gasteiger partial charge in [-0.25, -0.2) is 8.42 Å². The van der Waals surface area contributed by atoms with Crippen molar-refractivity contribution >= 4 is 37.5 Å². The number of amides is 1. The third-order valence-electron chi connectivity index (χ3n) is 5.38. The van der Waals surface area contributed by atoms with Gasteiger partial charge >= 0.3 is 0 Å². The standard InChI is InChI=1S/C23H27N3O5S2/c1-4-11-25(12-5-2)33(28,29)17-9-7-16(8-10-17)22(27)24-23-26(6-3)18-13-19-20(31-15-30-19)14-21(18)32-23/h7-10,13-14H,4-6,11-12,15H2,1-3H3. The predicted molar refractivity (Wildman–Crippen MR) is 127 cm³/mol. The maximum Gasteiger partial charge on any atom is 0.279 e. The van der Waals surface area contributed by atoms with Gasteiger partial charge in [-0.1, -0.05) is 25.2 Å². The van der Waals surface area contributed by atoms with E-state index in [1.165, 1.54) is 39.9 Å². The van der Waals surface area contributed by atoms with Crippen molar-refractivity contribution < 1.29 is 22.7 Å². The molecule has 8 nitrogen and oxygen atoms in total. The van der Waals surface area contributed by atoms with Gasteiger partial charge in [0.05, 0.1) is 15.1 Å². The van der Waals surface area contributed by atoms with Gasteiger partial charge in [0.15, 0.2) is 16.3 Å². The lowest BCUT2D eigenvalue weighted by molar-refractivity contribution is 0.0997. The van der Waals surface area contributed by atoms with Gasteiger partial charge in [-0.2, -0.15) is 9.30 Å². The molecule has 0 fully saturated rings. The summed E-state index contributed by atoms with van der Waals surface area (Å²) in [5, 5.41) is 0. The molecule has 1 aromatic heterocycles. The molecule has 2 aromatic carbocycles. The summed E-state index contributed by atoms with van der Waals surface area (Å²) in [4.78, 5) is 18.0. The molecule has 0 radical (unpaired) electrons. The third kappa shape index (κ3) is 4.55. The van der Waals surface area contributed by atoms with Gasteiger partial charge < -0.3 is 14.0 Å². The summed E-state index contributed by atoms with van der Waals surface area (Å²) < 4.78 is 41.2. The van der Waals surface area contributed by atoms with Crippen molar-refractivity contribution in [2.75, 3.05) is 19.9 Å². The molecule has 1 aliphatic heterocycles. The van der Waals surface area contributed by atoms with Crippen LogP contribution in [0.15, 0.2) is 46.3 Å². The summed E-state index contributed by atoms with van der Waals surface area (Å²) in [6.07, 6.45) is 1.48. The Morgan fingerprint density at radius 2 is 1.70 bits per heavy atom. The number of hydrogen-bond acceptors (Lipinski definition) is 6. The average Bonchev–Trinajstić information content (AvgIpc) is 3.40. The number of carbonyl (C=O) groups excluding carboxylic acids is 1. The van der Waals surface area contributed by atoms with Crippen molar-refractivity contribution in [1.29, 1.82) is 0 Å². The van der Waals surface area contributed by atoms with E-state index in [-0.39, 0.29) is 11.7 Å². The quantitative estimate of drug-likeness (QED) is 0.477. The number of aryl methyl sites for hydroxylation is 1. The molecule has 33 heavy (non-hydrogen) atoms. The first-order valence-electron chi connectivity index (χ1n) is 11.0. The second kappa shape index (κ2) is 9.66. The van der Waals surface area contributed by atoms with E-state index in [1.807, 2.05) is 37.5 Å². The fourth-order valence-corrected chi connectivity index (χ4v) is 6.50. The van der Waals surface area contributed by atoms with Gasteiger partial charge in [0.1, 0.15) is 0 Å². The molecule has 0 bridgehead atoms. The van der Waals surface area contributed by atoms with Crippen LogP contribution in [0.3, 0.4) is 0 Å². The van der Waals surface area contributed by atoms with Crippen molar-refractivity contribution in [3.63, 3.8) is 0 Å². The zero-order valence-electron chi connectivity index (χ0n) is 18.9. The van der Waals surface area contributed by atoms with E-state index < -0.39 is 15.9 Å². The van der Waals surface area contributed by atoms with Crippen molar-refractivity contribution in [2.45, 2.75) is 45.1 Å². The Bertz CT molecular complexity index is 1330. The number of thiazole rings is 1. The fourth-order valence-electron chi connectivity index (χ4n) is 3.77. The molecule has 2 heterocycles. The Labute approximate surface area is 197 Å². The molecule has 4 rings (SSSR count). The number of sulfonamides is 1. The van der Waals surface area contributed by atoms with E-state index in [0.29, 0.717) is 41.5 Å². The Morgan fingerprint density at radius 1 is 1.06 bits per heavy atom. The summed E-state index contributed by atoms with van der Waals surface area (Å²) in [7, 11) is -3.59. The van der Waals surface area contributed by atoms with Crippen LogP contribution in [0.4, 0.5) is 0 Å². The van der Waals surface area contributed by atoms with Gasteiger partial charge in [-0.3, -0.25) is 4.79 Å². The van der Waals surface area contributed by atoms with Gasteiger partial charge in [-0.15, -0.1) is 0 Å². The van der Waals surface area contributed by atoms with E-state index in [9.17, 15) is 13.2 Å². The third-order valence-corrected chi connectivity index (χ3v) is 8.33. The molecule has 0 aliphatic carbocycles. The smallest absolute Gasteiger partial charge is 0.279 e. The van der Waals surface area contributed by atoms with Crippen molar-refractivity contribution in [3.8, 4) is 11.5 Å². The van der Waals surface area contributed by atoms with Gasteiger partial charge in [0.25, 0.3) is 5.91 Å². The largest absolute Gasteiger partial charge is 0.454 e. The van der Waals surface area contributed by atoms with Crippen LogP contribution in [0.1, 0.15) is 44.0 Å². The first kappa shape index (κ1) is 23.5. The van der Waals surface area contributed by atoms with Gasteiger partial charge in [0.2, 0.25) is 16.8 Å². The Morgan fingerprint density at radius 3 is 2.30 bits per heavy atom. The lowest BCUT2D eigenvalue weighted by Crippen LogP contribution is -2.32. The summed E-state index contributed by atoms with van der Waals surface area (Å²) in [6, 6.07) is 9.81. The Hall–Kier alpha value is -2.69. The van der Waals surface area contributed by atoms with E-state index in [2.05, 4.69) is 4.99 Å². The molecular formula is C23H27N3O5S2. The first-order valence-corrected chi connectivity index (χ1v) is 13.3. The SMILES string of the molecule is CCCN(CCC)S(=O)(=O)c1ccc(C(=O)N=c2sc3cc4c(cc3n2CC)OCO4)cc1. The highest BCUT2D eigenvalue weighted by molar-refractivity contribution is 7.89. The number of rotatable bonds is 8. The highest BCUT2D eigenvalue weighted by Gasteiger charge is 2.23. The van der Waals surface area contributed by atoms with Crippen molar-refractivity contribution in [1.82, 2.24) is 8.87 Å². The number of aromatic nitrogens is 1. The van der Waals surface area contributed by atoms with Gasteiger partial charge in [-0.05, 0) is 44.0 Å². The summed E-state index contributed by atoms with van der Waals surface area (Å²) in [5.41, 5.74) is 1.26.